The predicted octanol–water partition coefficient (Wildman–Crippen LogP) is 2.01. The van der Waals surface area contributed by atoms with Crippen molar-refractivity contribution in [3.63, 3.8) is 0 Å². The highest BCUT2D eigenvalue weighted by atomic mass is 35.5. The van der Waals surface area contributed by atoms with Gasteiger partial charge in [0.15, 0.2) is 0 Å². The molecule has 1 atom stereocenters. The highest BCUT2D eigenvalue weighted by Crippen LogP contribution is 2.13. The van der Waals surface area contributed by atoms with Gasteiger partial charge >= 0.3 is 0 Å². The van der Waals surface area contributed by atoms with Crippen molar-refractivity contribution in [2.45, 2.75) is 25.4 Å². The van der Waals surface area contributed by atoms with Crippen LogP contribution in [-0.4, -0.2) is 35.8 Å². The Balaban J connectivity index is 1.85. The molecule has 0 radical (unpaired) electrons. The van der Waals surface area contributed by atoms with Crippen LogP contribution in [0.15, 0.2) is 30.3 Å². The van der Waals surface area contributed by atoms with Gasteiger partial charge in [-0.2, -0.15) is 0 Å². The zero-order chi connectivity index (χ0) is 12.8. The molecule has 1 N–H and O–H groups in total. The van der Waals surface area contributed by atoms with Gasteiger partial charge in [-0.25, -0.2) is 0 Å². The maximum absolute atomic E-state index is 11.3. The number of nitrogens with one attached hydrogen (secondary N) is 1. The number of piperidine rings is 1. The molecule has 3 nitrogen and oxygen atoms in total. The lowest BCUT2D eigenvalue weighted by Gasteiger charge is -2.33. The zero-order valence-electron chi connectivity index (χ0n) is 10.4. The van der Waals surface area contributed by atoms with E-state index in [2.05, 4.69) is 34.5 Å². The number of rotatable bonds is 4. The molecule has 0 unspecified atom stereocenters. The minimum Gasteiger partial charge on any atom is -0.351 e. The van der Waals surface area contributed by atoms with Crippen LogP contribution in [0, 0.1) is 0 Å². The van der Waals surface area contributed by atoms with Crippen LogP contribution < -0.4 is 5.32 Å². The van der Waals surface area contributed by atoms with Crippen molar-refractivity contribution in [3.05, 3.63) is 35.9 Å². The summed E-state index contributed by atoms with van der Waals surface area (Å²) in [7, 11) is 0. The van der Waals surface area contributed by atoms with Gasteiger partial charge in [0.25, 0.3) is 0 Å². The first kappa shape index (κ1) is 13.4. The van der Waals surface area contributed by atoms with Gasteiger partial charge in [-0.1, -0.05) is 30.3 Å². The SMILES string of the molecule is O=C(CCl)N[C@@H]1CCCN(Cc2ccccc2)C1. The van der Waals surface area contributed by atoms with Crippen LogP contribution >= 0.6 is 11.6 Å². The van der Waals surface area contributed by atoms with Crippen LogP contribution in [0.4, 0.5) is 0 Å². The Hall–Kier alpha value is -1.06. The molecule has 1 saturated heterocycles. The summed E-state index contributed by atoms with van der Waals surface area (Å²) in [4.78, 5) is 13.7. The minimum absolute atomic E-state index is 0.0508. The third-order valence-corrected chi connectivity index (χ3v) is 3.48. The van der Waals surface area contributed by atoms with Gasteiger partial charge in [0.05, 0.1) is 0 Å². The summed E-state index contributed by atoms with van der Waals surface area (Å²) in [6.07, 6.45) is 2.17. The van der Waals surface area contributed by atoms with Gasteiger partial charge < -0.3 is 5.32 Å². The highest BCUT2D eigenvalue weighted by Gasteiger charge is 2.20. The molecule has 4 heteroatoms. The van der Waals surface area contributed by atoms with E-state index in [9.17, 15) is 4.79 Å². The van der Waals surface area contributed by atoms with Crippen LogP contribution in [0.5, 0.6) is 0 Å². The third-order valence-electron chi connectivity index (χ3n) is 3.24. The number of carbonyl (C=O) groups excluding carboxylic acids is 1. The molecule has 1 amide bonds. The number of likely N-dealkylation sites (tertiary alicyclic amines) is 1. The van der Waals surface area contributed by atoms with Gasteiger partial charge in [-0.05, 0) is 24.9 Å². The lowest BCUT2D eigenvalue weighted by Crippen LogP contribution is -2.47. The van der Waals surface area contributed by atoms with Crippen LogP contribution in [0.3, 0.4) is 0 Å². The first-order valence-electron chi connectivity index (χ1n) is 6.39. The summed E-state index contributed by atoms with van der Waals surface area (Å²) < 4.78 is 0. The average molecular weight is 267 g/mol. The molecule has 18 heavy (non-hydrogen) atoms. The Kier molecular flexibility index (Phi) is 5.02. The fourth-order valence-electron chi connectivity index (χ4n) is 2.42. The van der Waals surface area contributed by atoms with Crippen molar-refractivity contribution < 1.29 is 4.79 Å². The number of nitrogens with zero attached hydrogens (tertiary/aromatic N) is 1. The molecule has 0 bridgehead atoms. The maximum atomic E-state index is 11.3. The fourth-order valence-corrected chi connectivity index (χ4v) is 2.50. The number of amides is 1. The number of hydrogen-bond acceptors (Lipinski definition) is 2. The first-order chi connectivity index (χ1) is 8.78. The summed E-state index contributed by atoms with van der Waals surface area (Å²) >= 11 is 5.51. The lowest BCUT2D eigenvalue weighted by atomic mass is 10.0. The molecule has 0 saturated carbocycles. The number of halogens is 1. The lowest BCUT2D eigenvalue weighted by molar-refractivity contribution is -0.119. The molecule has 2 rings (SSSR count). The molecule has 1 aromatic rings. The van der Waals surface area contributed by atoms with E-state index in [-0.39, 0.29) is 17.8 Å². The van der Waals surface area contributed by atoms with E-state index in [1.54, 1.807) is 0 Å². The topological polar surface area (TPSA) is 32.3 Å². The number of hydrogen-bond donors (Lipinski definition) is 1. The first-order valence-corrected chi connectivity index (χ1v) is 6.93. The average Bonchev–Trinajstić information content (AvgIpc) is 2.40. The number of benzene rings is 1. The molecular formula is C14H19ClN2O. The molecular weight excluding hydrogens is 248 g/mol. The van der Waals surface area contributed by atoms with E-state index in [4.69, 9.17) is 11.6 Å². The van der Waals surface area contributed by atoms with Gasteiger partial charge in [0, 0.05) is 19.1 Å². The van der Waals surface area contributed by atoms with Crippen molar-refractivity contribution in [2.24, 2.45) is 0 Å². The van der Waals surface area contributed by atoms with E-state index in [0.29, 0.717) is 0 Å². The molecule has 1 aliphatic rings. The Morgan fingerprint density at radius 1 is 1.39 bits per heavy atom. The summed E-state index contributed by atoms with van der Waals surface area (Å²) in [5.41, 5.74) is 1.32. The van der Waals surface area contributed by atoms with Crippen molar-refractivity contribution >= 4 is 17.5 Å². The summed E-state index contributed by atoms with van der Waals surface area (Å²) in [6.45, 7) is 2.97. The molecule has 1 aromatic carbocycles. The molecule has 98 valence electrons. The molecule has 1 heterocycles. The second-order valence-electron chi connectivity index (χ2n) is 4.76. The largest absolute Gasteiger partial charge is 0.351 e. The standard InChI is InChI=1S/C14H19ClN2O/c15-9-14(18)16-13-7-4-8-17(11-13)10-12-5-2-1-3-6-12/h1-3,5-6,13H,4,7-11H2,(H,16,18)/t13-/m1/s1. The van der Waals surface area contributed by atoms with E-state index in [1.165, 1.54) is 5.56 Å². The fraction of sp³-hybridized carbons (Fsp3) is 0.500. The molecule has 0 spiro atoms. The van der Waals surface area contributed by atoms with Crippen LogP contribution in [-0.2, 0) is 11.3 Å². The molecule has 1 aliphatic heterocycles. The quantitative estimate of drug-likeness (QED) is 0.846. The molecule has 0 aromatic heterocycles. The van der Waals surface area contributed by atoms with E-state index >= 15 is 0 Å². The number of carbonyl (C=O) groups is 1. The van der Waals surface area contributed by atoms with Gasteiger partial charge in [-0.3, -0.25) is 9.69 Å². The van der Waals surface area contributed by atoms with Gasteiger partial charge in [0.1, 0.15) is 5.88 Å². The monoisotopic (exact) mass is 266 g/mol. The second-order valence-corrected chi connectivity index (χ2v) is 5.03. The molecule has 1 fully saturated rings. The highest BCUT2D eigenvalue weighted by molar-refractivity contribution is 6.27. The van der Waals surface area contributed by atoms with Crippen molar-refractivity contribution in [1.29, 1.82) is 0 Å². The van der Waals surface area contributed by atoms with E-state index < -0.39 is 0 Å². The maximum Gasteiger partial charge on any atom is 0.235 e. The van der Waals surface area contributed by atoms with Crippen LogP contribution in [0.25, 0.3) is 0 Å². The van der Waals surface area contributed by atoms with Crippen LogP contribution in [0.1, 0.15) is 18.4 Å². The minimum atomic E-state index is -0.0665. The predicted molar refractivity (Wildman–Crippen MR) is 73.6 cm³/mol. The molecule has 0 aliphatic carbocycles. The smallest absolute Gasteiger partial charge is 0.235 e. The van der Waals surface area contributed by atoms with Crippen molar-refractivity contribution in [1.82, 2.24) is 10.2 Å². The summed E-state index contributed by atoms with van der Waals surface area (Å²) in [5, 5.41) is 2.97. The van der Waals surface area contributed by atoms with Crippen molar-refractivity contribution in [3.8, 4) is 0 Å². The Morgan fingerprint density at radius 3 is 2.89 bits per heavy atom. The van der Waals surface area contributed by atoms with Gasteiger partial charge in [-0.15, -0.1) is 11.6 Å². The van der Waals surface area contributed by atoms with Gasteiger partial charge in [0.2, 0.25) is 5.91 Å². The van der Waals surface area contributed by atoms with E-state index in [1.807, 2.05) is 6.07 Å². The zero-order valence-corrected chi connectivity index (χ0v) is 11.2. The summed E-state index contributed by atoms with van der Waals surface area (Å²) in [5.74, 6) is -0.0157. The summed E-state index contributed by atoms with van der Waals surface area (Å²) in [6, 6.07) is 10.7. The van der Waals surface area contributed by atoms with Crippen LogP contribution in [0.2, 0.25) is 0 Å². The Labute approximate surface area is 113 Å². The van der Waals surface area contributed by atoms with Crippen molar-refractivity contribution in [2.75, 3.05) is 19.0 Å². The third kappa shape index (κ3) is 4.00. The number of alkyl halides is 1. The normalized spacial score (nSPS) is 20.6. The Morgan fingerprint density at radius 2 is 2.17 bits per heavy atom. The second kappa shape index (κ2) is 6.76. The van der Waals surface area contributed by atoms with E-state index in [0.717, 1.165) is 32.5 Å². The Bertz CT molecular complexity index is 383.